The lowest BCUT2D eigenvalue weighted by Crippen LogP contribution is -2.57. The van der Waals surface area contributed by atoms with E-state index in [0.29, 0.717) is 37.8 Å². The molecule has 0 aliphatic carbocycles. The van der Waals surface area contributed by atoms with E-state index in [2.05, 4.69) is 5.32 Å². The van der Waals surface area contributed by atoms with Crippen molar-refractivity contribution in [2.45, 2.75) is 59.9 Å². The van der Waals surface area contributed by atoms with Crippen molar-refractivity contribution in [3.05, 3.63) is 0 Å². The topological polar surface area (TPSA) is 69.6 Å². The Morgan fingerprint density at radius 3 is 1.90 bits per heavy atom. The number of carbonyl (C=O) groups is 2. The van der Waals surface area contributed by atoms with E-state index in [1.165, 1.54) is 0 Å². The van der Waals surface area contributed by atoms with Gasteiger partial charge in [0.1, 0.15) is 5.54 Å². The zero-order chi connectivity index (χ0) is 15.9. The third-order valence-electron chi connectivity index (χ3n) is 3.06. The second kappa shape index (κ2) is 8.12. The average molecular weight is 286 g/mol. The second-order valence-electron chi connectivity index (χ2n) is 6.51. The van der Waals surface area contributed by atoms with Crippen LogP contribution in [-0.4, -0.2) is 40.6 Å². The van der Waals surface area contributed by atoms with Crippen LogP contribution >= 0.6 is 0 Å². The number of nitrogens with one attached hydrogen (secondary N) is 1. The van der Waals surface area contributed by atoms with E-state index in [9.17, 15) is 14.7 Å². The molecular weight excluding hydrogens is 256 g/mol. The Labute approximate surface area is 122 Å². The Bertz CT molecular complexity index is 319. The molecule has 5 nitrogen and oxygen atoms in total. The van der Waals surface area contributed by atoms with Crippen LogP contribution in [-0.2, 0) is 4.79 Å². The van der Waals surface area contributed by atoms with Crippen molar-refractivity contribution < 1.29 is 14.7 Å². The molecule has 0 aromatic rings. The summed E-state index contributed by atoms with van der Waals surface area (Å²) in [5, 5.41) is 12.0. The molecule has 0 aliphatic heterocycles. The number of carboxylic acid groups (broad SMARTS) is 1. The smallest absolute Gasteiger partial charge is 0.329 e. The number of rotatable bonds is 8. The van der Waals surface area contributed by atoms with Crippen LogP contribution in [0.15, 0.2) is 0 Å². The fraction of sp³-hybridized carbons (Fsp3) is 0.867. The lowest BCUT2D eigenvalue weighted by molar-refractivity contribution is -0.144. The molecule has 2 amide bonds. The van der Waals surface area contributed by atoms with Gasteiger partial charge in [-0.1, -0.05) is 41.0 Å². The normalized spacial score (nSPS) is 14.2. The van der Waals surface area contributed by atoms with E-state index < -0.39 is 11.5 Å². The van der Waals surface area contributed by atoms with E-state index in [4.69, 9.17) is 0 Å². The summed E-state index contributed by atoms with van der Waals surface area (Å²) in [5.41, 5.74) is -1.20. The van der Waals surface area contributed by atoms with Gasteiger partial charge in [0.2, 0.25) is 0 Å². The van der Waals surface area contributed by atoms with Gasteiger partial charge in [-0.15, -0.1) is 0 Å². The largest absolute Gasteiger partial charge is 0.480 e. The number of carbonyl (C=O) groups excluding carboxylic acids is 1. The fourth-order valence-corrected chi connectivity index (χ4v) is 2.16. The third-order valence-corrected chi connectivity index (χ3v) is 3.06. The highest BCUT2D eigenvalue weighted by molar-refractivity contribution is 5.85. The van der Waals surface area contributed by atoms with Crippen LogP contribution in [0.3, 0.4) is 0 Å². The minimum Gasteiger partial charge on any atom is -0.480 e. The first-order valence-corrected chi connectivity index (χ1v) is 7.42. The highest BCUT2D eigenvalue weighted by Gasteiger charge is 2.35. The molecule has 0 aromatic carbocycles. The third kappa shape index (κ3) is 6.26. The SMILES string of the molecule is CCCC(C)(NC(=O)N(CC(C)C)CC(C)C)C(=O)O. The Kier molecular flexibility index (Phi) is 7.61. The average Bonchev–Trinajstić information content (AvgIpc) is 2.26. The van der Waals surface area contributed by atoms with Crippen LogP contribution in [0.4, 0.5) is 4.79 Å². The first-order valence-electron chi connectivity index (χ1n) is 7.42. The minimum atomic E-state index is -1.20. The van der Waals surface area contributed by atoms with Crippen LogP contribution in [0.25, 0.3) is 0 Å². The molecular formula is C15H30N2O3. The van der Waals surface area contributed by atoms with E-state index in [-0.39, 0.29) is 6.03 Å². The van der Waals surface area contributed by atoms with Crippen LogP contribution in [0.5, 0.6) is 0 Å². The molecule has 0 spiro atoms. The van der Waals surface area contributed by atoms with Crippen molar-refractivity contribution >= 4 is 12.0 Å². The number of nitrogens with zero attached hydrogens (tertiary/aromatic N) is 1. The van der Waals surface area contributed by atoms with Gasteiger partial charge < -0.3 is 15.3 Å². The van der Waals surface area contributed by atoms with Crippen molar-refractivity contribution in [1.29, 1.82) is 0 Å². The van der Waals surface area contributed by atoms with Crippen molar-refractivity contribution in [2.24, 2.45) is 11.8 Å². The Morgan fingerprint density at radius 1 is 1.15 bits per heavy atom. The van der Waals surface area contributed by atoms with Gasteiger partial charge in [-0.2, -0.15) is 0 Å². The molecule has 0 rings (SSSR count). The molecule has 0 aromatic heterocycles. The summed E-state index contributed by atoms with van der Waals surface area (Å²) >= 11 is 0. The fourth-order valence-electron chi connectivity index (χ4n) is 2.16. The number of aliphatic carboxylic acids is 1. The molecule has 1 unspecified atom stereocenters. The molecule has 0 radical (unpaired) electrons. The number of hydrogen-bond donors (Lipinski definition) is 2. The first-order chi connectivity index (χ1) is 9.12. The molecule has 2 N–H and O–H groups in total. The summed E-state index contributed by atoms with van der Waals surface area (Å²) in [5.74, 6) is -0.287. The Hall–Kier alpha value is -1.26. The van der Waals surface area contributed by atoms with Crippen molar-refractivity contribution in [2.75, 3.05) is 13.1 Å². The molecule has 0 saturated heterocycles. The molecule has 0 heterocycles. The van der Waals surface area contributed by atoms with Crippen LogP contribution < -0.4 is 5.32 Å². The van der Waals surface area contributed by atoms with Crippen molar-refractivity contribution in [3.63, 3.8) is 0 Å². The highest BCUT2D eigenvalue weighted by Crippen LogP contribution is 2.14. The number of amides is 2. The molecule has 1 atom stereocenters. The van der Waals surface area contributed by atoms with Gasteiger partial charge in [0.15, 0.2) is 0 Å². The monoisotopic (exact) mass is 286 g/mol. The van der Waals surface area contributed by atoms with E-state index >= 15 is 0 Å². The van der Waals surface area contributed by atoms with Crippen LogP contribution in [0.2, 0.25) is 0 Å². The molecule has 0 aliphatic rings. The first kappa shape index (κ1) is 18.7. The van der Waals surface area contributed by atoms with Gasteiger partial charge >= 0.3 is 12.0 Å². The van der Waals surface area contributed by atoms with Crippen molar-refractivity contribution in [3.8, 4) is 0 Å². The number of urea groups is 1. The van der Waals surface area contributed by atoms with E-state index in [1.807, 2.05) is 34.6 Å². The summed E-state index contributed by atoms with van der Waals surface area (Å²) in [6.45, 7) is 12.9. The summed E-state index contributed by atoms with van der Waals surface area (Å²) in [6, 6.07) is -0.286. The standard InChI is InChI=1S/C15H30N2O3/c1-7-8-15(6,13(18)19)16-14(20)17(9-11(2)3)10-12(4)5/h11-12H,7-10H2,1-6H3,(H,16,20)(H,18,19). The van der Waals surface area contributed by atoms with Crippen molar-refractivity contribution in [1.82, 2.24) is 10.2 Å². The predicted octanol–water partition coefficient (Wildman–Crippen LogP) is 2.95. The van der Waals surface area contributed by atoms with E-state index in [1.54, 1.807) is 11.8 Å². The molecule has 0 saturated carbocycles. The van der Waals surface area contributed by atoms with Crippen LogP contribution in [0, 0.1) is 11.8 Å². The quantitative estimate of drug-likeness (QED) is 0.720. The predicted molar refractivity (Wildman–Crippen MR) is 80.7 cm³/mol. The molecule has 118 valence electrons. The molecule has 0 bridgehead atoms. The van der Waals surface area contributed by atoms with Gasteiger partial charge in [0, 0.05) is 13.1 Å². The molecule has 0 fully saturated rings. The summed E-state index contributed by atoms with van der Waals surface area (Å²) in [4.78, 5) is 25.5. The van der Waals surface area contributed by atoms with Gasteiger partial charge in [-0.3, -0.25) is 0 Å². The number of hydrogen-bond acceptors (Lipinski definition) is 2. The van der Waals surface area contributed by atoms with Gasteiger partial charge in [-0.25, -0.2) is 9.59 Å². The Balaban J connectivity index is 4.91. The minimum absolute atomic E-state index is 0.286. The summed E-state index contributed by atoms with van der Waals surface area (Å²) in [6.07, 6.45) is 1.13. The number of carboxylic acids is 1. The summed E-state index contributed by atoms with van der Waals surface area (Å²) < 4.78 is 0. The molecule has 5 heteroatoms. The maximum absolute atomic E-state index is 12.4. The zero-order valence-electron chi connectivity index (χ0n) is 13.7. The highest BCUT2D eigenvalue weighted by atomic mass is 16.4. The second-order valence-corrected chi connectivity index (χ2v) is 6.51. The van der Waals surface area contributed by atoms with Gasteiger partial charge in [0.25, 0.3) is 0 Å². The molecule has 20 heavy (non-hydrogen) atoms. The van der Waals surface area contributed by atoms with E-state index in [0.717, 1.165) is 0 Å². The lowest BCUT2D eigenvalue weighted by Gasteiger charge is -2.32. The van der Waals surface area contributed by atoms with Gasteiger partial charge in [-0.05, 0) is 25.2 Å². The Morgan fingerprint density at radius 2 is 1.60 bits per heavy atom. The maximum atomic E-state index is 12.4. The maximum Gasteiger partial charge on any atom is 0.329 e. The lowest BCUT2D eigenvalue weighted by atomic mass is 9.96. The van der Waals surface area contributed by atoms with Crippen LogP contribution in [0.1, 0.15) is 54.4 Å². The summed E-state index contributed by atoms with van der Waals surface area (Å²) in [7, 11) is 0. The van der Waals surface area contributed by atoms with Gasteiger partial charge in [0.05, 0.1) is 0 Å². The zero-order valence-corrected chi connectivity index (χ0v) is 13.7.